The summed E-state index contributed by atoms with van der Waals surface area (Å²) >= 11 is 0. The van der Waals surface area contributed by atoms with Gasteiger partial charge in [0.1, 0.15) is 0 Å². The van der Waals surface area contributed by atoms with Crippen LogP contribution in [0.1, 0.15) is 21.6 Å². The fourth-order valence-electron chi connectivity index (χ4n) is 1.89. The molecular formula is C16H18N4O2. The largest absolute Gasteiger partial charge is 0.464 e. The number of carbonyl (C=O) groups is 1. The van der Waals surface area contributed by atoms with E-state index in [1.165, 1.54) is 23.7 Å². The maximum Gasteiger partial charge on any atom is 0.356 e. The highest BCUT2D eigenvalue weighted by atomic mass is 16.5. The summed E-state index contributed by atoms with van der Waals surface area (Å²) in [5.74, 6) is 0.390. The Hall–Kier alpha value is -2.76. The van der Waals surface area contributed by atoms with Gasteiger partial charge in [-0.25, -0.2) is 14.8 Å². The molecule has 0 saturated carbocycles. The van der Waals surface area contributed by atoms with E-state index < -0.39 is 5.97 Å². The Morgan fingerprint density at radius 3 is 2.55 bits per heavy atom. The average molecular weight is 298 g/mol. The summed E-state index contributed by atoms with van der Waals surface area (Å²) in [5, 5.41) is 5.26. The topological polar surface area (TPSA) is 67.7 Å². The number of carbonyl (C=O) groups excluding carboxylic acids is 1. The van der Waals surface area contributed by atoms with Gasteiger partial charge >= 0.3 is 5.97 Å². The van der Waals surface area contributed by atoms with Crippen molar-refractivity contribution >= 4 is 18.5 Å². The number of benzene rings is 1. The summed E-state index contributed by atoms with van der Waals surface area (Å²) in [6.07, 6.45) is 0. The minimum absolute atomic E-state index is 0.177. The first-order chi connectivity index (χ1) is 10.5. The molecule has 6 heteroatoms. The lowest BCUT2D eigenvalue weighted by Crippen LogP contribution is -2.14. The molecule has 114 valence electrons. The van der Waals surface area contributed by atoms with Gasteiger partial charge < -0.3 is 4.74 Å². The van der Waals surface area contributed by atoms with Crippen LogP contribution in [-0.4, -0.2) is 36.8 Å². The molecule has 0 aliphatic rings. The number of hydrogen-bond acceptors (Lipinski definition) is 6. The zero-order chi connectivity index (χ0) is 16.3. The summed E-state index contributed by atoms with van der Waals surface area (Å²) in [6.45, 7) is 7.51. The molecule has 0 radical (unpaired) electrons. The van der Waals surface area contributed by atoms with Gasteiger partial charge in [-0.3, -0.25) is 5.01 Å². The van der Waals surface area contributed by atoms with Crippen molar-refractivity contribution in [3.8, 4) is 11.4 Å². The monoisotopic (exact) mass is 298 g/mol. The van der Waals surface area contributed by atoms with Crippen LogP contribution in [0.3, 0.4) is 0 Å². The van der Waals surface area contributed by atoms with Crippen LogP contribution in [-0.2, 0) is 4.74 Å². The number of rotatable bonds is 4. The molecule has 1 aromatic heterocycles. The Balaban J connectivity index is 2.60. The maximum atomic E-state index is 11.8. The van der Waals surface area contributed by atoms with Crippen molar-refractivity contribution in [2.45, 2.75) is 13.8 Å². The molecule has 0 amide bonds. The van der Waals surface area contributed by atoms with Crippen molar-refractivity contribution in [3.63, 3.8) is 0 Å². The second-order valence-electron chi connectivity index (χ2n) is 4.89. The van der Waals surface area contributed by atoms with Gasteiger partial charge in [-0.1, -0.05) is 12.1 Å². The van der Waals surface area contributed by atoms with Gasteiger partial charge in [0.25, 0.3) is 0 Å². The highest BCUT2D eigenvalue weighted by Crippen LogP contribution is 2.22. The van der Waals surface area contributed by atoms with E-state index in [-0.39, 0.29) is 5.69 Å². The highest BCUT2D eigenvalue weighted by Gasteiger charge is 2.15. The Kier molecular flexibility index (Phi) is 4.50. The van der Waals surface area contributed by atoms with Gasteiger partial charge in [-0.2, -0.15) is 5.10 Å². The molecule has 1 heterocycles. The van der Waals surface area contributed by atoms with Gasteiger partial charge in [0, 0.05) is 25.4 Å². The smallest absolute Gasteiger partial charge is 0.356 e. The second kappa shape index (κ2) is 6.34. The van der Waals surface area contributed by atoms with Gasteiger partial charge in [0.2, 0.25) is 0 Å². The van der Waals surface area contributed by atoms with Gasteiger partial charge in [0.15, 0.2) is 17.3 Å². The number of hydrazone groups is 1. The number of methoxy groups -OCH3 is 1. The Morgan fingerprint density at radius 2 is 1.95 bits per heavy atom. The lowest BCUT2D eigenvalue weighted by atomic mass is 10.1. The number of aromatic nitrogens is 2. The zero-order valence-electron chi connectivity index (χ0n) is 13.1. The quantitative estimate of drug-likeness (QED) is 0.493. The molecule has 0 spiro atoms. The minimum atomic E-state index is -0.522. The molecule has 2 rings (SSSR count). The molecule has 0 unspecified atom stereocenters. The van der Waals surface area contributed by atoms with Crippen molar-refractivity contribution in [2.75, 3.05) is 19.2 Å². The predicted octanol–water partition coefficient (Wildman–Crippen LogP) is 2.60. The third-order valence-electron chi connectivity index (χ3n) is 3.42. The van der Waals surface area contributed by atoms with Crippen molar-refractivity contribution in [1.29, 1.82) is 0 Å². The predicted molar refractivity (Wildman–Crippen MR) is 86.2 cm³/mol. The van der Waals surface area contributed by atoms with Crippen LogP contribution in [0.25, 0.3) is 11.4 Å². The molecule has 0 atom stereocenters. The van der Waals surface area contributed by atoms with Crippen LogP contribution in [0.2, 0.25) is 0 Å². The van der Waals surface area contributed by atoms with Crippen LogP contribution in [0.5, 0.6) is 0 Å². The highest BCUT2D eigenvalue weighted by molar-refractivity contribution is 5.88. The fourth-order valence-corrected chi connectivity index (χ4v) is 1.89. The third kappa shape index (κ3) is 3.11. The zero-order valence-corrected chi connectivity index (χ0v) is 13.1. The van der Waals surface area contributed by atoms with E-state index in [0.29, 0.717) is 11.6 Å². The van der Waals surface area contributed by atoms with Crippen LogP contribution >= 0.6 is 0 Å². The average Bonchev–Trinajstić information content (AvgIpc) is 2.55. The lowest BCUT2D eigenvalue weighted by Gasteiger charge is -2.13. The van der Waals surface area contributed by atoms with Crippen molar-refractivity contribution in [3.05, 3.63) is 41.1 Å². The van der Waals surface area contributed by atoms with Gasteiger partial charge in [0.05, 0.1) is 7.11 Å². The van der Waals surface area contributed by atoms with Gasteiger partial charge in [-0.05, 0) is 31.0 Å². The first-order valence-electron chi connectivity index (χ1n) is 6.71. The molecule has 22 heavy (non-hydrogen) atoms. The number of ether oxygens (including phenoxy) is 1. The number of anilines is 1. The second-order valence-corrected chi connectivity index (χ2v) is 4.89. The number of hydrogen-bond donors (Lipinski definition) is 0. The number of esters is 1. The van der Waals surface area contributed by atoms with E-state index in [2.05, 4.69) is 21.8 Å². The van der Waals surface area contributed by atoms with E-state index in [1.807, 2.05) is 32.0 Å². The van der Waals surface area contributed by atoms with Crippen molar-refractivity contribution < 1.29 is 9.53 Å². The van der Waals surface area contributed by atoms with Crippen LogP contribution in [0.15, 0.2) is 29.4 Å². The summed E-state index contributed by atoms with van der Waals surface area (Å²) in [7, 11) is 3.01. The maximum absolute atomic E-state index is 11.8. The number of nitrogens with zero attached hydrogens (tertiary/aromatic N) is 4. The van der Waals surface area contributed by atoms with Crippen molar-refractivity contribution in [1.82, 2.24) is 9.97 Å². The molecule has 1 aromatic carbocycles. The van der Waals surface area contributed by atoms with Crippen molar-refractivity contribution in [2.24, 2.45) is 5.10 Å². The van der Waals surface area contributed by atoms with Crippen LogP contribution < -0.4 is 5.01 Å². The molecule has 2 aromatic rings. The van der Waals surface area contributed by atoms with Crippen LogP contribution in [0, 0.1) is 13.8 Å². The summed E-state index contributed by atoms with van der Waals surface area (Å²) in [6, 6.07) is 7.42. The summed E-state index contributed by atoms with van der Waals surface area (Å²) in [4.78, 5) is 20.5. The molecule has 0 bridgehead atoms. The first kappa shape index (κ1) is 15.6. The normalized spacial score (nSPS) is 10.2. The molecular weight excluding hydrogens is 280 g/mol. The Bertz CT molecular complexity index is 728. The summed E-state index contributed by atoms with van der Waals surface area (Å²) < 4.78 is 4.74. The van der Waals surface area contributed by atoms with E-state index in [0.717, 1.165) is 11.1 Å². The van der Waals surface area contributed by atoms with E-state index in [1.54, 1.807) is 7.05 Å². The molecule has 0 saturated heterocycles. The Morgan fingerprint density at radius 1 is 1.23 bits per heavy atom. The summed E-state index contributed by atoms with van der Waals surface area (Å²) in [5.41, 5.74) is 3.31. The third-order valence-corrected chi connectivity index (χ3v) is 3.42. The van der Waals surface area contributed by atoms with Crippen LogP contribution in [0.4, 0.5) is 5.82 Å². The first-order valence-corrected chi connectivity index (χ1v) is 6.71. The molecule has 0 fully saturated rings. The van der Waals surface area contributed by atoms with Gasteiger partial charge in [-0.15, -0.1) is 0 Å². The molecule has 0 aliphatic carbocycles. The number of aryl methyl sites for hydroxylation is 2. The standard InChI is InChI=1S/C16H18N4O2/c1-10-6-7-12(8-11(10)2)15-18-13(16(21)22-5)9-14(19-15)20(4)17-3/h6-9H,3H2,1-2,4-5H3. The lowest BCUT2D eigenvalue weighted by molar-refractivity contribution is 0.0594. The fraction of sp³-hybridized carbons (Fsp3) is 0.250. The molecule has 6 nitrogen and oxygen atoms in total. The van der Waals surface area contributed by atoms with E-state index in [9.17, 15) is 4.79 Å². The Labute approximate surface area is 129 Å². The molecule has 0 N–H and O–H groups in total. The minimum Gasteiger partial charge on any atom is -0.464 e. The van der Waals surface area contributed by atoms with E-state index >= 15 is 0 Å². The van der Waals surface area contributed by atoms with E-state index in [4.69, 9.17) is 4.74 Å². The SMILES string of the molecule is C=NN(C)c1cc(C(=O)OC)nc(-c2ccc(C)c(C)c2)n1. The molecule has 0 aliphatic heterocycles.